The number of ether oxygens (including phenoxy) is 6. The van der Waals surface area contributed by atoms with E-state index in [2.05, 4.69) is 16.0 Å². The monoisotopic (exact) mass is 1740 g/mol. The van der Waals surface area contributed by atoms with Crippen LogP contribution in [0.2, 0.25) is 30.1 Å². The van der Waals surface area contributed by atoms with Crippen LogP contribution in [0.4, 0.5) is 30.2 Å². The van der Waals surface area contributed by atoms with Crippen LogP contribution in [0.1, 0.15) is 156 Å². The van der Waals surface area contributed by atoms with Crippen LogP contribution in [-0.4, -0.2) is 52.8 Å². The fraction of sp³-hybridized carbons (Fsp3) is 0.357. The Hall–Kier alpha value is -8.98. The van der Waals surface area contributed by atoms with Crippen molar-refractivity contribution >= 4 is 112 Å². The van der Waals surface area contributed by atoms with Gasteiger partial charge in [-0.1, -0.05) is 194 Å². The Morgan fingerprint density at radius 1 is 0.319 bits per heavy atom. The molecule has 0 aliphatic carbocycles. The first-order valence-corrected chi connectivity index (χ1v) is 39.7. The average Bonchev–Trinajstić information content (AvgIpc) is 0.693. The number of nitrogens with zero attached hydrogens (tertiary/aromatic N) is 3. The van der Waals surface area contributed by atoms with Crippen LogP contribution in [0.5, 0.6) is 51.7 Å². The third kappa shape index (κ3) is 18.3. The van der Waals surface area contributed by atoms with E-state index < -0.39 is 109 Å². The number of benzene rings is 6. The molecule has 3 heterocycles. The summed E-state index contributed by atoms with van der Waals surface area (Å²) in [5.74, 6) is -4.98. The van der Waals surface area contributed by atoms with Gasteiger partial charge in [0.2, 0.25) is 0 Å². The van der Waals surface area contributed by atoms with Crippen LogP contribution >= 0.6 is 77.4 Å². The van der Waals surface area contributed by atoms with Crippen molar-refractivity contribution in [1.82, 2.24) is 13.7 Å². The van der Waals surface area contributed by atoms with E-state index in [1.54, 1.807) is 125 Å². The van der Waals surface area contributed by atoms with Gasteiger partial charge in [-0.2, -0.15) is 0 Å². The smallest absolute Gasteiger partial charge is 0.481 e. The van der Waals surface area contributed by atoms with Crippen LogP contribution in [-0.2, 0) is 35.3 Å². The minimum Gasteiger partial charge on any atom is -0.493 e. The zero-order chi connectivity index (χ0) is 86.5. The van der Waals surface area contributed by atoms with E-state index in [1.807, 2.05) is 0 Å². The van der Waals surface area contributed by atoms with Crippen molar-refractivity contribution in [3.05, 3.63) is 241 Å². The van der Waals surface area contributed by atoms with E-state index >= 15 is 18.9 Å². The Morgan fingerprint density at radius 3 is 0.733 bits per heavy atom. The van der Waals surface area contributed by atoms with Crippen LogP contribution in [0.3, 0.4) is 0 Å². The zero-order valence-electron chi connectivity index (χ0n) is 67.6. The number of hydrogen-bond donors (Lipinski definition) is 3. The van der Waals surface area contributed by atoms with Crippen molar-refractivity contribution in [3.8, 4) is 51.7 Å². The molecule has 22 nitrogen and oxygen atoms in total. The maximum absolute atomic E-state index is 18.6. The first-order chi connectivity index (χ1) is 53.6. The molecular weight excluding hydrogens is 1650 g/mol. The number of anilines is 3. The Bertz CT molecular complexity index is 4990. The summed E-state index contributed by atoms with van der Waals surface area (Å²) in [6.07, 6.45) is 3.93. The molecule has 620 valence electrons. The molecule has 0 spiro atoms. The number of pyridine rings is 3. The molecule has 0 radical (unpaired) electrons. The number of aromatic nitrogens is 3. The maximum atomic E-state index is 18.6. The second-order valence-corrected chi connectivity index (χ2v) is 37.3. The predicted molar refractivity (Wildman–Crippen MR) is 446 cm³/mol. The Labute approximate surface area is 700 Å². The van der Waals surface area contributed by atoms with E-state index in [0.717, 1.165) is 54.6 Å². The molecule has 0 bridgehead atoms. The number of amides is 3. The minimum absolute atomic E-state index is 0.00307. The number of methoxy groups -OCH3 is 3. The first kappa shape index (κ1) is 90.9. The molecule has 3 amide bonds. The third-order valence-corrected chi connectivity index (χ3v) is 22.8. The minimum atomic E-state index is -5.99. The highest BCUT2D eigenvalue weighted by Gasteiger charge is 2.68. The first-order valence-electron chi connectivity index (χ1n) is 36.0. The molecule has 0 saturated heterocycles. The molecule has 6 aromatic carbocycles. The highest BCUT2D eigenvalue weighted by Crippen LogP contribution is 2.72. The van der Waals surface area contributed by atoms with Gasteiger partial charge in [0.15, 0.2) is 51.7 Å². The van der Waals surface area contributed by atoms with Gasteiger partial charge in [-0.15, -0.1) is 0 Å². The summed E-state index contributed by atoms with van der Waals surface area (Å²) in [4.78, 5) is 91.3. The molecule has 0 unspecified atom stereocenters. The Morgan fingerprint density at radius 2 is 0.534 bits per heavy atom. The highest BCUT2D eigenvalue weighted by atomic mass is 35.5. The molecule has 9 aromatic rings. The van der Waals surface area contributed by atoms with Crippen molar-refractivity contribution in [1.29, 1.82) is 0 Å². The predicted octanol–water partition coefficient (Wildman–Crippen LogP) is 23.5. The van der Waals surface area contributed by atoms with Crippen molar-refractivity contribution in [3.63, 3.8) is 0 Å². The van der Waals surface area contributed by atoms with Crippen molar-refractivity contribution in [2.75, 3.05) is 37.3 Å². The highest BCUT2D eigenvalue weighted by molar-refractivity contribution is 7.48. The Balaban J connectivity index is 1.24. The van der Waals surface area contributed by atoms with Crippen molar-refractivity contribution in [2.45, 2.75) is 142 Å². The standard InChI is InChI=1S/C84H90Cl6F3N6O16P/c1-76(2,3)82(77(4,5)6,97-31-28-49(37-70(97)100)94-73(103)52-40-55(85)58(88)43-64(52)110-61-25-22-46(91)34-67(61)107-19)113-116(106,114-83(78(7,8)9,79(10,11)12)98-32-29-50(38-71(98)101)95-74(104)53-41-56(86)59(89)44-65(53)111-62-26-23-47(92)35-68(62)108-20)115-84(80(13,14)15,81(16,17)18)99-33-30-51(39-72(99)102)96-75(105)54-42-57(87)60(90)45-66(54)112-63-27-24-48(93)36-69(63)109-21/h22-45H,1-21H3,(H,94,103)(H,95,104)(H,96,105). The van der Waals surface area contributed by atoms with Gasteiger partial charge in [0.05, 0.1) is 68.2 Å². The van der Waals surface area contributed by atoms with Gasteiger partial charge in [-0.25, -0.2) is 17.7 Å². The lowest BCUT2D eigenvalue weighted by molar-refractivity contribution is -0.263. The average molecular weight is 1740 g/mol. The lowest BCUT2D eigenvalue weighted by Gasteiger charge is -2.59. The summed E-state index contributed by atoms with van der Waals surface area (Å²) in [6, 6.07) is 25.3. The molecule has 116 heavy (non-hydrogen) atoms. The molecule has 3 N–H and O–H groups in total. The quantitative estimate of drug-likeness (QED) is 0.0475. The third-order valence-electron chi connectivity index (χ3n) is 19.2. The number of hydrogen-bond acceptors (Lipinski definition) is 16. The van der Waals surface area contributed by atoms with Gasteiger partial charge in [0.1, 0.15) is 34.7 Å². The van der Waals surface area contributed by atoms with E-state index in [-0.39, 0.29) is 116 Å². The summed E-state index contributed by atoms with van der Waals surface area (Å²) in [5, 5.41) is 8.00. The number of phosphoric ester groups is 1. The van der Waals surface area contributed by atoms with Crippen LogP contribution < -0.4 is 61.0 Å². The molecule has 0 saturated carbocycles. The van der Waals surface area contributed by atoms with Gasteiger partial charge < -0.3 is 44.4 Å². The summed E-state index contributed by atoms with van der Waals surface area (Å²) in [6.45, 7) is 30.8. The number of rotatable bonds is 24. The van der Waals surface area contributed by atoms with E-state index in [1.165, 1.54) is 126 Å². The Kier molecular flexibility index (Phi) is 26.5. The lowest BCUT2D eigenvalue weighted by Crippen LogP contribution is -2.63. The lowest BCUT2D eigenvalue weighted by atomic mass is 9.68. The van der Waals surface area contributed by atoms with Crippen molar-refractivity contribution < 1.29 is 74.1 Å². The number of nitrogens with one attached hydrogen (secondary N) is 3. The molecule has 0 aliphatic rings. The van der Waals surface area contributed by atoms with E-state index in [9.17, 15) is 27.6 Å². The van der Waals surface area contributed by atoms with Crippen LogP contribution in [0.25, 0.3) is 0 Å². The van der Waals surface area contributed by atoms with Crippen LogP contribution in [0, 0.1) is 49.9 Å². The second-order valence-electron chi connectivity index (χ2n) is 33.4. The molecule has 3 aromatic heterocycles. The summed E-state index contributed by atoms with van der Waals surface area (Å²) in [5.41, 5.74) is -19.1. The molecule has 0 atom stereocenters. The molecular formula is C84H90Cl6F3N6O16P. The fourth-order valence-electron chi connectivity index (χ4n) is 15.0. The number of carbonyl (C=O) groups is 3. The summed E-state index contributed by atoms with van der Waals surface area (Å²) in [7, 11) is -2.10. The molecule has 0 aliphatic heterocycles. The van der Waals surface area contributed by atoms with Crippen molar-refractivity contribution in [2.24, 2.45) is 32.5 Å². The van der Waals surface area contributed by atoms with Gasteiger partial charge in [-0.05, 0) is 72.8 Å². The SMILES string of the molecule is COc1cc(F)ccc1Oc1cc(Cl)c(Cl)cc1C(=O)Nc1ccn(C(OP(=O)(OC(n2ccc(NC(=O)c3cc(Cl)c(Cl)cc3Oc3ccc(F)cc3OC)cc2=O)(C(C)(C)C)C(C)(C)C)OC(n2ccc(NC(=O)c3cc(Cl)c(Cl)cc3Oc3ccc(F)cc3OC)cc2=O)(C(C)(C)C)C(C)(C)C)(C(C)(C)C)C(C)(C)C)c(=O)c1. The zero-order valence-corrected chi connectivity index (χ0v) is 73.0. The van der Waals surface area contributed by atoms with Crippen LogP contribution in [0.15, 0.2) is 160 Å². The van der Waals surface area contributed by atoms with Gasteiger partial charge >= 0.3 is 7.82 Å². The van der Waals surface area contributed by atoms with E-state index in [0.29, 0.717) is 0 Å². The molecule has 0 fully saturated rings. The number of halogens is 9. The summed E-state index contributed by atoms with van der Waals surface area (Å²) >= 11 is 39.0. The largest absolute Gasteiger partial charge is 0.493 e. The molecule has 9 rings (SSSR count). The topological polar surface area (TPSA) is 253 Å². The van der Waals surface area contributed by atoms with Gasteiger partial charge in [0.25, 0.3) is 34.4 Å². The van der Waals surface area contributed by atoms with Gasteiger partial charge in [-0.3, -0.25) is 56.0 Å². The number of phosphoric acid groups is 1. The number of carbonyl (C=O) groups excluding carboxylic acids is 3. The summed E-state index contributed by atoms with van der Waals surface area (Å²) < 4.78 is 123. The second kappa shape index (κ2) is 33.8. The fourth-order valence-corrected chi connectivity index (χ4v) is 18.9. The molecule has 32 heteroatoms. The normalized spacial score (nSPS) is 12.7. The maximum Gasteiger partial charge on any atom is 0.481 e. The van der Waals surface area contributed by atoms with Gasteiger partial charge in [0, 0.05) is 123 Å². The van der Waals surface area contributed by atoms with E-state index in [4.69, 9.17) is 112 Å².